The SMILES string of the molecule is COCCOCCCNC(C)c1ccc(OC)cc1. The van der Waals surface area contributed by atoms with E-state index in [1.807, 2.05) is 12.1 Å². The first kappa shape index (κ1) is 16.0. The summed E-state index contributed by atoms with van der Waals surface area (Å²) >= 11 is 0. The van der Waals surface area contributed by atoms with Gasteiger partial charge in [-0.2, -0.15) is 0 Å². The summed E-state index contributed by atoms with van der Waals surface area (Å²) in [6, 6.07) is 8.49. The fourth-order valence-electron chi connectivity index (χ4n) is 1.75. The highest BCUT2D eigenvalue weighted by molar-refractivity contribution is 5.28. The molecule has 0 saturated carbocycles. The smallest absolute Gasteiger partial charge is 0.118 e. The van der Waals surface area contributed by atoms with Gasteiger partial charge in [0.05, 0.1) is 20.3 Å². The highest BCUT2D eigenvalue weighted by Gasteiger charge is 2.04. The molecule has 0 heterocycles. The van der Waals surface area contributed by atoms with Crippen LogP contribution in [-0.4, -0.2) is 40.6 Å². The molecule has 0 amide bonds. The minimum Gasteiger partial charge on any atom is -0.497 e. The molecular weight excluding hydrogens is 242 g/mol. The maximum absolute atomic E-state index is 5.41. The van der Waals surface area contributed by atoms with Crippen molar-refractivity contribution < 1.29 is 14.2 Å². The van der Waals surface area contributed by atoms with Crippen molar-refractivity contribution >= 4 is 0 Å². The van der Waals surface area contributed by atoms with Gasteiger partial charge in [-0.3, -0.25) is 0 Å². The number of hydrogen-bond acceptors (Lipinski definition) is 4. The summed E-state index contributed by atoms with van der Waals surface area (Å²) in [7, 11) is 3.36. The molecule has 0 aliphatic carbocycles. The molecule has 0 aliphatic heterocycles. The molecule has 4 heteroatoms. The maximum atomic E-state index is 5.41. The third kappa shape index (κ3) is 6.57. The van der Waals surface area contributed by atoms with Gasteiger partial charge in [0, 0.05) is 19.8 Å². The number of hydrogen-bond donors (Lipinski definition) is 1. The molecule has 19 heavy (non-hydrogen) atoms. The summed E-state index contributed by atoms with van der Waals surface area (Å²) in [6.07, 6.45) is 1.00. The van der Waals surface area contributed by atoms with Crippen LogP contribution in [0.2, 0.25) is 0 Å². The van der Waals surface area contributed by atoms with E-state index in [9.17, 15) is 0 Å². The fourth-order valence-corrected chi connectivity index (χ4v) is 1.75. The topological polar surface area (TPSA) is 39.7 Å². The van der Waals surface area contributed by atoms with E-state index in [0.29, 0.717) is 19.3 Å². The first-order valence-electron chi connectivity index (χ1n) is 6.72. The van der Waals surface area contributed by atoms with Crippen molar-refractivity contribution in [1.82, 2.24) is 5.32 Å². The fraction of sp³-hybridized carbons (Fsp3) is 0.600. The van der Waals surface area contributed by atoms with Crippen molar-refractivity contribution in [3.8, 4) is 5.75 Å². The lowest BCUT2D eigenvalue weighted by molar-refractivity contribution is 0.0693. The van der Waals surface area contributed by atoms with Crippen molar-refractivity contribution in [2.45, 2.75) is 19.4 Å². The quantitative estimate of drug-likeness (QED) is 0.661. The molecule has 0 radical (unpaired) electrons. The highest BCUT2D eigenvalue weighted by atomic mass is 16.5. The van der Waals surface area contributed by atoms with Crippen molar-refractivity contribution in [1.29, 1.82) is 0 Å². The van der Waals surface area contributed by atoms with E-state index < -0.39 is 0 Å². The van der Waals surface area contributed by atoms with Crippen LogP contribution in [0.15, 0.2) is 24.3 Å². The summed E-state index contributed by atoms with van der Waals surface area (Å²) in [5.74, 6) is 0.891. The number of methoxy groups -OCH3 is 2. The Balaban J connectivity index is 2.14. The second kappa shape index (κ2) is 9.78. The molecular formula is C15H25NO3. The van der Waals surface area contributed by atoms with Gasteiger partial charge in [0.15, 0.2) is 0 Å². The van der Waals surface area contributed by atoms with Crippen LogP contribution in [0.4, 0.5) is 0 Å². The zero-order valence-corrected chi connectivity index (χ0v) is 12.1. The summed E-state index contributed by atoms with van der Waals surface area (Å²) in [6.45, 7) is 5.21. The number of rotatable bonds is 10. The molecule has 1 atom stereocenters. The molecule has 4 nitrogen and oxygen atoms in total. The van der Waals surface area contributed by atoms with Crippen molar-refractivity contribution in [2.24, 2.45) is 0 Å². The molecule has 1 unspecified atom stereocenters. The molecule has 0 aliphatic rings. The molecule has 1 aromatic rings. The van der Waals surface area contributed by atoms with Gasteiger partial charge in [0.2, 0.25) is 0 Å². The predicted octanol–water partition coefficient (Wildman–Crippen LogP) is 2.40. The lowest BCUT2D eigenvalue weighted by Crippen LogP contribution is -2.21. The summed E-state index contributed by atoms with van der Waals surface area (Å²) in [5, 5.41) is 3.48. The van der Waals surface area contributed by atoms with Crippen LogP contribution < -0.4 is 10.1 Å². The first-order chi connectivity index (χ1) is 9.27. The van der Waals surface area contributed by atoms with E-state index in [1.54, 1.807) is 14.2 Å². The number of benzene rings is 1. The van der Waals surface area contributed by atoms with Gasteiger partial charge < -0.3 is 19.5 Å². The number of ether oxygens (including phenoxy) is 3. The van der Waals surface area contributed by atoms with E-state index in [-0.39, 0.29) is 0 Å². The lowest BCUT2D eigenvalue weighted by Gasteiger charge is -2.14. The Labute approximate surface area is 116 Å². The third-order valence-corrected chi connectivity index (χ3v) is 2.96. The van der Waals surface area contributed by atoms with E-state index in [2.05, 4.69) is 24.4 Å². The zero-order valence-electron chi connectivity index (χ0n) is 12.1. The second-order valence-corrected chi connectivity index (χ2v) is 4.41. The van der Waals surface area contributed by atoms with Crippen molar-refractivity contribution in [3.63, 3.8) is 0 Å². The van der Waals surface area contributed by atoms with Gasteiger partial charge in [-0.15, -0.1) is 0 Å². The van der Waals surface area contributed by atoms with Gasteiger partial charge in [0.25, 0.3) is 0 Å². The highest BCUT2D eigenvalue weighted by Crippen LogP contribution is 2.16. The van der Waals surface area contributed by atoms with Crippen LogP contribution >= 0.6 is 0 Å². The van der Waals surface area contributed by atoms with Gasteiger partial charge in [-0.25, -0.2) is 0 Å². The van der Waals surface area contributed by atoms with Crippen molar-refractivity contribution in [3.05, 3.63) is 29.8 Å². The van der Waals surface area contributed by atoms with Gasteiger partial charge in [-0.1, -0.05) is 12.1 Å². The van der Waals surface area contributed by atoms with E-state index in [4.69, 9.17) is 14.2 Å². The lowest BCUT2D eigenvalue weighted by atomic mass is 10.1. The van der Waals surface area contributed by atoms with Crippen LogP contribution in [0.3, 0.4) is 0 Å². The normalized spacial score (nSPS) is 12.4. The number of nitrogens with one attached hydrogen (secondary N) is 1. The largest absolute Gasteiger partial charge is 0.497 e. The minimum atomic E-state index is 0.338. The first-order valence-corrected chi connectivity index (χ1v) is 6.72. The molecule has 0 spiro atoms. The molecule has 1 aromatic carbocycles. The monoisotopic (exact) mass is 267 g/mol. The van der Waals surface area contributed by atoms with E-state index >= 15 is 0 Å². The molecule has 108 valence electrons. The molecule has 1 rings (SSSR count). The summed E-state index contributed by atoms with van der Waals surface area (Å²) in [5.41, 5.74) is 1.26. The van der Waals surface area contributed by atoms with Crippen molar-refractivity contribution in [2.75, 3.05) is 40.6 Å². The Bertz CT molecular complexity index is 327. The van der Waals surface area contributed by atoms with Crippen LogP contribution in [0.25, 0.3) is 0 Å². The Kier molecular flexibility index (Phi) is 8.21. The summed E-state index contributed by atoms with van der Waals surface area (Å²) < 4.78 is 15.5. The average Bonchev–Trinajstić information content (AvgIpc) is 2.46. The molecule has 0 saturated heterocycles. The van der Waals surface area contributed by atoms with E-state index in [0.717, 1.165) is 25.3 Å². The maximum Gasteiger partial charge on any atom is 0.118 e. The predicted molar refractivity (Wildman–Crippen MR) is 76.7 cm³/mol. The zero-order chi connectivity index (χ0) is 13.9. The third-order valence-electron chi connectivity index (χ3n) is 2.96. The Morgan fingerprint density at radius 3 is 2.42 bits per heavy atom. The molecule has 0 aromatic heterocycles. The Morgan fingerprint density at radius 1 is 1.05 bits per heavy atom. The van der Waals surface area contributed by atoms with Crippen LogP contribution in [0.5, 0.6) is 5.75 Å². The standard InChI is InChI=1S/C15H25NO3/c1-13(14-5-7-15(18-3)8-6-14)16-9-4-10-19-12-11-17-2/h5-8,13,16H,4,9-12H2,1-3H3. The molecule has 0 fully saturated rings. The minimum absolute atomic E-state index is 0.338. The van der Waals surface area contributed by atoms with E-state index in [1.165, 1.54) is 5.56 Å². The Morgan fingerprint density at radius 2 is 1.79 bits per heavy atom. The second-order valence-electron chi connectivity index (χ2n) is 4.41. The van der Waals surface area contributed by atoms with Crippen LogP contribution in [0, 0.1) is 0 Å². The molecule has 1 N–H and O–H groups in total. The van der Waals surface area contributed by atoms with Crippen LogP contribution in [0.1, 0.15) is 24.9 Å². The van der Waals surface area contributed by atoms with Gasteiger partial charge >= 0.3 is 0 Å². The summed E-state index contributed by atoms with van der Waals surface area (Å²) in [4.78, 5) is 0. The molecule has 0 bridgehead atoms. The Hall–Kier alpha value is -1.10. The average molecular weight is 267 g/mol. The van der Waals surface area contributed by atoms with Gasteiger partial charge in [0.1, 0.15) is 5.75 Å². The van der Waals surface area contributed by atoms with Gasteiger partial charge in [-0.05, 0) is 37.6 Å². The van der Waals surface area contributed by atoms with Crippen LogP contribution in [-0.2, 0) is 9.47 Å².